The summed E-state index contributed by atoms with van der Waals surface area (Å²) >= 11 is 0. The Morgan fingerprint density at radius 1 is 1.62 bits per heavy atom. The second kappa shape index (κ2) is 4.94. The maximum atomic E-state index is 13.5. The molecule has 0 aromatic heterocycles. The van der Waals surface area contributed by atoms with Gasteiger partial charge < -0.3 is 9.84 Å². The van der Waals surface area contributed by atoms with Crippen molar-refractivity contribution in [3.8, 4) is 11.8 Å². The fraction of sp³-hybridized carbons (Fsp3) is 0.0909. The monoisotopic (exact) mass is 221 g/mol. The van der Waals surface area contributed by atoms with Crippen LogP contribution in [-0.2, 0) is 4.79 Å². The highest BCUT2D eigenvalue weighted by atomic mass is 19.1. The van der Waals surface area contributed by atoms with Crippen LogP contribution in [0.1, 0.15) is 11.1 Å². The average molecular weight is 221 g/mol. The number of halogens is 1. The van der Waals surface area contributed by atoms with Crippen LogP contribution in [0, 0.1) is 17.1 Å². The van der Waals surface area contributed by atoms with E-state index in [1.54, 1.807) is 6.07 Å². The minimum Gasteiger partial charge on any atom is -0.497 e. The Bertz CT molecular complexity index is 489. The molecule has 0 spiro atoms. The highest BCUT2D eigenvalue weighted by Crippen LogP contribution is 2.21. The van der Waals surface area contributed by atoms with Crippen molar-refractivity contribution in [2.75, 3.05) is 7.11 Å². The first-order valence-electron chi connectivity index (χ1n) is 4.27. The van der Waals surface area contributed by atoms with E-state index in [0.29, 0.717) is 5.75 Å². The molecule has 0 radical (unpaired) electrons. The van der Waals surface area contributed by atoms with E-state index in [4.69, 9.17) is 15.1 Å². The Hall–Kier alpha value is -2.35. The molecular weight excluding hydrogens is 213 g/mol. The number of hydrogen-bond donors (Lipinski definition) is 1. The SMILES string of the molecule is COc1cc(C#N)c(F)c(/C=C/C(=O)O)c1. The maximum absolute atomic E-state index is 13.5. The lowest BCUT2D eigenvalue weighted by atomic mass is 10.1. The minimum absolute atomic E-state index is 0.00157. The predicted octanol–water partition coefficient (Wildman–Crippen LogP) is 1.80. The number of benzene rings is 1. The summed E-state index contributed by atoms with van der Waals surface area (Å²) in [5, 5.41) is 17.1. The van der Waals surface area contributed by atoms with Crippen molar-refractivity contribution in [3.63, 3.8) is 0 Å². The van der Waals surface area contributed by atoms with Gasteiger partial charge in [0.15, 0.2) is 0 Å². The van der Waals surface area contributed by atoms with Gasteiger partial charge in [-0.05, 0) is 12.1 Å². The molecule has 0 saturated carbocycles. The zero-order valence-corrected chi connectivity index (χ0v) is 8.40. The third-order valence-corrected chi connectivity index (χ3v) is 1.84. The fourth-order valence-electron chi connectivity index (χ4n) is 1.10. The lowest BCUT2D eigenvalue weighted by Crippen LogP contribution is -1.93. The molecule has 4 nitrogen and oxygen atoms in total. The minimum atomic E-state index is -1.19. The van der Waals surface area contributed by atoms with E-state index >= 15 is 0 Å². The molecule has 0 bridgehead atoms. The van der Waals surface area contributed by atoms with Crippen LogP contribution in [0.25, 0.3) is 6.08 Å². The van der Waals surface area contributed by atoms with Crippen molar-refractivity contribution >= 4 is 12.0 Å². The number of carboxylic acid groups (broad SMARTS) is 1. The van der Waals surface area contributed by atoms with Crippen molar-refractivity contribution in [3.05, 3.63) is 35.2 Å². The Labute approximate surface area is 91.2 Å². The first-order chi connectivity index (χ1) is 7.58. The second-order valence-corrected chi connectivity index (χ2v) is 2.86. The van der Waals surface area contributed by atoms with E-state index in [2.05, 4.69) is 0 Å². The highest BCUT2D eigenvalue weighted by Gasteiger charge is 2.09. The summed E-state index contributed by atoms with van der Waals surface area (Å²) in [5.41, 5.74) is -0.192. The second-order valence-electron chi connectivity index (χ2n) is 2.86. The van der Waals surface area contributed by atoms with Crippen LogP contribution in [0.3, 0.4) is 0 Å². The third-order valence-electron chi connectivity index (χ3n) is 1.84. The number of carbonyl (C=O) groups is 1. The van der Waals surface area contributed by atoms with Gasteiger partial charge in [0.05, 0.1) is 12.7 Å². The van der Waals surface area contributed by atoms with Crippen LogP contribution in [0.2, 0.25) is 0 Å². The largest absolute Gasteiger partial charge is 0.497 e. The molecule has 1 rings (SSSR count). The van der Waals surface area contributed by atoms with Gasteiger partial charge in [0, 0.05) is 17.7 Å². The molecule has 1 aromatic rings. The topological polar surface area (TPSA) is 70.3 Å². The molecule has 0 aliphatic heterocycles. The number of carboxylic acids is 1. The van der Waals surface area contributed by atoms with Gasteiger partial charge in [-0.1, -0.05) is 0 Å². The molecule has 0 aliphatic rings. The van der Waals surface area contributed by atoms with Gasteiger partial charge in [-0.25, -0.2) is 9.18 Å². The van der Waals surface area contributed by atoms with Crippen molar-refractivity contribution in [1.82, 2.24) is 0 Å². The van der Waals surface area contributed by atoms with Crippen LogP contribution in [0.15, 0.2) is 18.2 Å². The van der Waals surface area contributed by atoms with Crippen LogP contribution in [0.4, 0.5) is 4.39 Å². The van der Waals surface area contributed by atoms with Crippen molar-refractivity contribution in [2.24, 2.45) is 0 Å². The molecule has 5 heteroatoms. The summed E-state index contributed by atoms with van der Waals surface area (Å²) < 4.78 is 18.4. The van der Waals surface area contributed by atoms with Crippen molar-refractivity contribution < 1.29 is 19.0 Å². The van der Waals surface area contributed by atoms with E-state index in [0.717, 1.165) is 12.2 Å². The Morgan fingerprint density at radius 2 is 2.31 bits per heavy atom. The zero-order chi connectivity index (χ0) is 12.1. The summed E-state index contributed by atoms with van der Waals surface area (Å²) in [4.78, 5) is 10.3. The number of rotatable bonds is 3. The van der Waals surface area contributed by atoms with Gasteiger partial charge in [-0.15, -0.1) is 0 Å². The van der Waals surface area contributed by atoms with E-state index in [1.165, 1.54) is 19.2 Å². The summed E-state index contributed by atoms with van der Waals surface area (Å²) in [6.07, 6.45) is 1.86. The van der Waals surface area contributed by atoms with E-state index in [1.807, 2.05) is 0 Å². The Balaban J connectivity index is 3.27. The summed E-state index contributed by atoms with van der Waals surface area (Å²) in [6, 6.07) is 4.22. The standard InChI is InChI=1S/C11H8FNO3/c1-16-9-4-7(2-3-10(14)15)11(12)8(5-9)6-13/h2-5H,1H3,(H,14,15)/b3-2+. The van der Waals surface area contributed by atoms with Crippen LogP contribution in [0.5, 0.6) is 5.75 Å². The number of ether oxygens (including phenoxy) is 1. The van der Waals surface area contributed by atoms with Crippen LogP contribution < -0.4 is 4.74 Å². The molecule has 0 amide bonds. The van der Waals surface area contributed by atoms with E-state index in [9.17, 15) is 9.18 Å². The number of aliphatic carboxylic acids is 1. The number of nitriles is 1. The zero-order valence-electron chi connectivity index (χ0n) is 8.40. The maximum Gasteiger partial charge on any atom is 0.328 e. The molecule has 1 aromatic carbocycles. The fourth-order valence-corrected chi connectivity index (χ4v) is 1.10. The summed E-state index contributed by atoms with van der Waals surface area (Å²) in [6.45, 7) is 0. The highest BCUT2D eigenvalue weighted by molar-refractivity contribution is 5.85. The molecular formula is C11H8FNO3. The van der Waals surface area contributed by atoms with Gasteiger partial charge in [0.25, 0.3) is 0 Å². The first-order valence-corrected chi connectivity index (χ1v) is 4.27. The molecule has 82 valence electrons. The lowest BCUT2D eigenvalue weighted by molar-refractivity contribution is -0.131. The van der Waals surface area contributed by atoms with Crippen LogP contribution >= 0.6 is 0 Å². The average Bonchev–Trinajstić information content (AvgIpc) is 2.27. The molecule has 0 fully saturated rings. The van der Waals surface area contributed by atoms with E-state index < -0.39 is 11.8 Å². The summed E-state index contributed by atoms with van der Waals surface area (Å²) in [5.74, 6) is -1.66. The molecule has 0 unspecified atom stereocenters. The number of nitrogens with zero attached hydrogens (tertiary/aromatic N) is 1. The molecule has 0 aliphatic carbocycles. The number of methoxy groups -OCH3 is 1. The molecule has 0 saturated heterocycles. The van der Waals surface area contributed by atoms with Gasteiger partial charge in [-0.2, -0.15) is 5.26 Å². The Kier molecular flexibility index (Phi) is 3.62. The quantitative estimate of drug-likeness (QED) is 0.790. The number of hydrogen-bond acceptors (Lipinski definition) is 3. The van der Waals surface area contributed by atoms with Gasteiger partial charge in [-0.3, -0.25) is 0 Å². The van der Waals surface area contributed by atoms with Gasteiger partial charge in [0.1, 0.15) is 17.6 Å². The van der Waals surface area contributed by atoms with Crippen LogP contribution in [-0.4, -0.2) is 18.2 Å². The smallest absolute Gasteiger partial charge is 0.328 e. The van der Waals surface area contributed by atoms with Gasteiger partial charge >= 0.3 is 5.97 Å². The lowest BCUT2D eigenvalue weighted by Gasteiger charge is -2.04. The Morgan fingerprint density at radius 3 is 2.81 bits per heavy atom. The van der Waals surface area contributed by atoms with Crippen molar-refractivity contribution in [1.29, 1.82) is 5.26 Å². The molecule has 1 N–H and O–H groups in total. The normalized spacial score (nSPS) is 10.1. The molecule has 0 atom stereocenters. The molecule has 16 heavy (non-hydrogen) atoms. The van der Waals surface area contributed by atoms with E-state index in [-0.39, 0.29) is 11.1 Å². The van der Waals surface area contributed by atoms with Crippen molar-refractivity contribution in [2.45, 2.75) is 0 Å². The van der Waals surface area contributed by atoms with Gasteiger partial charge in [0.2, 0.25) is 0 Å². The predicted molar refractivity (Wildman–Crippen MR) is 54.3 cm³/mol. The molecule has 0 heterocycles. The first kappa shape index (κ1) is 11.7. The third kappa shape index (κ3) is 2.58. The summed E-state index contributed by atoms with van der Waals surface area (Å²) in [7, 11) is 1.37.